The number of quaternary nitrogens is 2. The molecule has 0 rings (SSSR count). The Kier molecular flexibility index (Phi) is 34.0. The molecular weight excluding hydrogens is 812 g/mol. The molecule has 0 unspecified atom stereocenters. The summed E-state index contributed by atoms with van der Waals surface area (Å²) < 4.78 is 218. The standard InChI is InChI=1S/2Fe.2H3N.3H2O8S2.H2O4S/c;;;;3*1-9(2,3)7-8-10(4,5)6;1-5(2,3)4/h;;2*1H3;3*(H,1,2,3)(H,4,5,6);(H2,1,2,3,4)/q2*+3;;;;;;/p-6. The van der Waals surface area contributed by atoms with E-state index in [1.54, 1.807) is 0 Å². The van der Waals surface area contributed by atoms with Crippen LogP contribution < -0.4 is 12.3 Å². The van der Waals surface area contributed by atoms with E-state index in [0.29, 0.717) is 0 Å². The van der Waals surface area contributed by atoms with Gasteiger partial charge in [-0.25, -0.2) is 50.5 Å². The fourth-order valence-corrected chi connectivity index (χ4v) is 1.84. The van der Waals surface area contributed by atoms with Gasteiger partial charge < -0.3 is 48.7 Å². The molecule has 0 atom stereocenters. The maximum absolute atomic E-state index is 9.37. The molecular formula is H8Fe2N2O28S7. The van der Waals surface area contributed by atoms with E-state index in [1.807, 2.05) is 0 Å². The third-order valence-electron chi connectivity index (χ3n) is 0.583. The molecule has 39 heteroatoms. The molecule has 0 saturated carbocycles. The molecule has 0 saturated heterocycles. The van der Waals surface area contributed by atoms with Crippen LogP contribution in [0.4, 0.5) is 0 Å². The summed E-state index contributed by atoms with van der Waals surface area (Å²) in [7, 11) is -37.0. The first-order valence-corrected chi connectivity index (χ1v) is 14.5. The van der Waals surface area contributed by atoms with E-state index in [0.717, 1.165) is 0 Å². The van der Waals surface area contributed by atoms with Crippen molar-refractivity contribution in [3.8, 4) is 0 Å². The van der Waals surface area contributed by atoms with Gasteiger partial charge in [0.25, 0.3) is 0 Å². The van der Waals surface area contributed by atoms with Crippen LogP contribution in [0.2, 0.25) is 0 Å². The van der Waals surface area contributed by atoms with Crippen LogP contribution in [0.1, 0.15) is 0 Å². The van der Waals surface area contributed by atoms with Crippen LogP contribution in [0.15, 0.2) is 0 Å². The van der Waals surface area contributed by atoms with Crippen molar-refractivity contribution in [2.24, 2.45) is 0 Å². The Morgan fingerprint density at radius 3 is 0.359 bits per heavy atom. The van der Waals surface area contributed by atoms with Gasteiger partial charge in [-0.3, -0.25) is 8.42 Å². The summed E-state index contributed by atoms with van der Waals surface area (Å²) in [6.07, 6.45) is 0. The zero-order chi connectivity index (χ0) is 29.7. The number of hydrogen-bond acceptors (Lipinski definition) is 28. The first-order chi connectivity index (χ1) is 14.6. The Morgan fingerprint density at radius 2 is 0.333 bits per heavy atom. The second kappa shape index (κ2) is 22.6. The predicted molar refractivity (Wildman–Crippen MR) is 87.1 cm³/mol. The molecule has 0 aromatic heterocycles. The molecule has 0 aromatic carbocycles. The second-order valence-electron chi connectivity index (χ2n) is 3.27. The molecule has 0 heterocycles. The molecule has 0 spiro atoms. The summed E-state index contributed by atoms with van der Waals surface area (Å²) in [6, 6.07) is 0. The quantitative estimate of drug-likeness (QED) is 0.0717. The van der Waals surface area contributed by atoms with Crippen LogP contribution in [-0.4, -0.2) is 95.3 Å². The zero-order valence-corrected chi connectivity index (χ0v) is 24.9. The van der Waals surface area contributed by atoms with Gasteiger partial charge in [0.05, 0.1) is 0 Å². The Labute approximate surface area is 239 Å². The number of rotatable bonds is 9. The molecule has 0 bridgehead atoms. The van der Waals surface area contributed by atoms with E-state index >= 15 is 0 Å². The second-order valence-corrected chi connectivity index (χ2v) is 9.80. The van der Waals surface area contributed by atoms with Crippen LogP contribution >= 0.6 is 0 Å². The van der Waals surface area contributed by atoms with E-state index in [1.165, 1.54) is 0 Å². The average Bonchev–Trinajstić information content (AvgIpc) is 2.45. The van der Waals surface area contributed by atoms with Gasteiger partial charge in [0, 0.05) is 10.4 Å². The summed E-state index contributed by atoms with van der Waals surface area (Å²) in [5.41, 5.74) is 0. The van der Waals surface area contributed by atoms with Crippen molar-refractivity contribution < 1.29 is 155 Å². The Bertz CT molecular complexity index is 1120. The van der Waals surface area contributed by atoms with Gasteiger partial charge in [0.15, 0.2) is 0 Å². The summed E-state index contributed by atoms with van der Waals surface area (Å²) in [6.45, 7) is 0. The van der Waals surface area contributed by atoms with Crippen molar-refractivity contribution in [2.45, 2.75) is 0 Å². The molecule has 244 valence electrons. The molecule has 0 amide bonds. The van der Waals surface area contributed by atoms with Gasteiger partial charge in [-0.1, -0.05) is 0 Å². The largest absolute Gasteiger partial charge is 3.00 e. The molecule has 0 fully saturated rings. The van der Waals surface area contributed by atoms with Crippen molar-refractivity contribution in [3.63, 3.8) is 0 Å². The van der Waals surface area contributed by atoms with Crippen molar-refractivity contribution in [3.05, 3.63) is 0 Å². The minimum atomic E-state index is -5.31. The van der Waals surface area contributed by atoms with Gasteiger partial charge in [-0.05, 0) is 0 Å². The topological polar surface area (TPSA) is 552 Å². The Balaban J connectivity index is -0.0000000542. The minimum absolute atomic E-state index is 0. The predicted octanol–water partition coefficient (Wildman–Crippen LogP) is -7.03. The fraction of sp³-hybridized carbons (Fsp3) is 0. The van der Waals surface area contributed by atoms with Crippen molar-refractivity contribution in [1.82, 2.24) is 12.3 Å². The van der Waals surface area contributed by atoms with Gasteiger partial charge in [0.2, 0.25) is 62.4 Å². The molecule has 8 N–H and O–H groups in total. The third-order valence-corrected chi connectivity index (χ3v) is 2.25. The molecule has 39 heavy (non-hydrogen) atoms. The van der Waals surface area contributed by atoms with Crippen LogP contribution in [0, 0.1) is 0 Å². The third kappa shape index (κ3) is 112. The minimum Gasteiger partial charge on any atom is -0.759 e. The van der Waals surface area contributed by atoms with Crippen LogP contribution in [-0.2, 0) is 133 Å². The van der Waals surface area contributed by atoms with Crippen molar-refractivity contribution >= 4 is 72.8 Å². The molecule has 2 radical (unpaired) electrons. The molecule has 0 aliphatic carbocycles. The van der Waals surface area contributed by atoms with E-state index in [4.69, 9.17) is 17.5 Å². The molecule has 0 aliphatic heterocycles. The summed E-state index contributed by atoms with van der Waals surface area (Å²) in [5.74, 6) is 0. The molecule has 0 aliphatic rings. The van der Waals surface area contributed by atoms with Crippen LogP contribution in [0.25, 0.3) is 0 Å². The molecule has 30 nitrogen and oxygen atoms in total. The first-order valence-electron chi connectivity index (χ1n) is 5.17. The van der Waals surface area contributed by atoms with Gasteiger partial charge in [0.1, 0.15) is 0 Å². The summed E-state index contributed by atoms with van der Waals surface area (Å²) in [4.78, 5) is 0. The van der Waals surface area contributed by atoms with Crippen molar-refractivity contribution in [1.29, 1.82) is 0 Å². The van der Waals surface area contributed by atoms with E-state index < -0.39 is 72.8 Å². The normalized spacial score (nSPS) is 11.8. The van der Waals surface area contributed by atoms with Gasteiger partial charge >= 0.3 is 34.1 Å². The van der Waals surface area contributed by atoms with E-state index in [-0.39, 0.29) is 46.4 Å². The van der Waals surface area contributed by atoms with Crippen LogP contribution in [0.3, 0.4) is 0 Å². The average molecular weight is 820 g/mol. The SMILES string of the molecule is O=S(=O)([O-])OOS(=O)(=O)[O-].O=S(=O)([O-])OOS(=O)(=O)[O-].O=S(=O)([O-])OOS(=O)(=O)[O-].O=S(=O)([O-])[O-].[Fe+3].[Fe+3].[NH4+].[NH4+]. The Morgan fingerprint density at radius 1 is 0.282 bits per heavy atom. The maximum Gasteiger partial charge on any atom is 3.00 e. The monoisotopic (exact) mass is 820 g/mol. The zero-order valence-electron chi connectivity index (χ0n) is 17.0. The Hall–Kier alpha value is 0.0490. The maximum atomic E-state index is 9.37. The fourth-order valence-electron chi connectivity index (χ4n) is 0.204. The molecule has 0 aromatic rings. The van der Waals surface area contributed by atoms with Crippen LogP contribution in [0.5, 0.6) is 0 Å². The summed E-state index contributed by atoms with van der Waals surface area (Å²) >= 11 is 0. The smallest absolute Gasteiger partial charge is 0.759 e. The van der Waals surface area contributed by atoms with E-state index in [9.17, 15) is 77.8 Å². The number of hydrogen-bond donors (Lipinski definition) is 2. The first kappa shape index (κ1) is 58.6. The van der Waals surface area contributed by atoms with E-state index in [2.05, 4.69) is 26.0 Å². The van der Waals surface area contributed by atoms with Gasteiger partial charge in [-0.2, -0.15) is 0 Å². The van der Waals surface area contributed by atoms with Gasteiger partial charge in [-0.15, -0.1) is 26.0 Å². The van der Waals surface area contributed by atoms with Crippen molar-refractivity contribution in [2.75, 3.05) is 0 Å². The summed E-state index contributed by atoms with van der Waals surface area (Å²) in [5, 5.41) is 0.